The monoisotopic (exact) mass is 306 g/mol. The van der Waals surface area contributed by atoms with E-state index in [0.717, 1.165) is 18.7 Å². The highest BCUT2D eigenvalue weighted by Crippen LogP contribution is 2.22. The summed E-state index contributed by atoms with van der Waals surface area (Å²) in [6.45, 7) is 10.8. The minimum absolute atomic E-state index is 0.229. The van der Waals surface area contributed by atoms with Crippen LogP contribution in [0.2, 0.25) is 0 Å². The predicted octanol–water partition coefficient (Wildman–Crippen LogP) is 2.28. The summed E-state index contributed by atoms with van der Waals surface area (Å²) < 4.78 is 5.42. The van der Waals surface area contributed by atoms with Gasteiger partial charge in [0.15, 0.2) is 0 Å². The first-order valence-corrected chi connectivity index (χ1v) is 7.69. The number of aromatic nitrogens is 1. The Morgan fingerprint density at radius 1 is 1.32 bits per heavy atom. The van der Waals surface area contributed by atoms with Crippen molar-refractivity contribution in [3.05, 3.63) is 23.9 Å². The number of hydrogen-bond acceptors (Lipinski definition) is 5. The Bertz CT molecular complexity index is 519. The topological polar surface area (TPSA) is 71.7 Å². The van der Waals surface area contributed by atoms with E-state index >= 15 is 0 Å². The number of carbonyl (C=O) groups is 1. The van der Waals surface area contributed by atoms with Crippen molar-refractivity contribution < 1.29 is 9.53 Å². The van der Waals surface area contributed by atoms with Gasteiger partial charge in [-0.25, -0.2) is 9.78 Å². The molecule has 1 aromatic rings. The van der Waals surface area contributed by atoms with E-state index in [1.54, 1.807) is 11.1 Å². The Balaban J connectivity index is 1.90. The van der Waals surface area contributed by atoms with E-state index < -0.39 is 5.60 Å². The van der Waals surface area contributed by atoms with Gasteiger partial charge in [0.2, 0.25) is 0 Å². The first-order chi connectivity index (χ1) is 10.3. The molecule has 1 aliphatic rings. The van der Waals surface area contributed by atoms with Crippen LogP contribution in [0.25, 0.3) is 0 Å². The van der Waals surface area contributed by atoms with Gasteiger partial charge < -0.3 is 15.4 Å². The second-order valence-electron chi connectivity index (χ2n) is 6.69. The zero-order valence-corrected chi connectivity index (χ0v) is 13.9. The van der Waals surface area contributed by atoms with Crippen LogP contribution in [0.3, 0.4) is 0 Å². The van der Waals surface area contributed by atoms with Gasteiger partial charge in [0.25, 0.3) is 0 Å². The molecule has 1 aromatic heterocycles. The van der Waals surface area contributed by atoms with Crippen molar-refractivity contribution in [2.75, 3.05) is 31.9 Å². The van der Waals surface area contributed by atoms with Crippen LogP contribution >= 0.6 is 0 Å². The molecule has 0 saturated carbocycles. The Kier molecular flexibility index (Phi) is 4.90. The van der Waals surface area contributed by atoms with Crippen LogP contribution < -0.4 is 5.73 Å². The zero-order chi connectivity index (χ0) is 16.3. The van der Waals surface area contributed by atoms with E-state index in [1.165, 1.54) is 0 Å². The Morgan fingerprint density at radius 3 is 2.50 bits per heavy atom. The summed E-state index contributed by atoms with van der Waals surface area (Å²) in [7, 11) is 0. The first kappa shape index (κ1) is 16.5. The van der Waals surface area contributed by atoms with Crippen molar-refractivity contribution in [1.82, 2.24) is 14.8 Å². The van der Waals surface area contributed by atoms with E-state index in [2.05, 4.69) is 16.8 Å². The lowest BCUT2D eigenvalue weighted by molar-refractivity contribution is 0.0110. The van der Waals surface area contributed by atoms with E-state index in [0.29, 0.717) is 18.9 Å². The van der Waals surface area contributed by atoms with Crippen LogP contribution in [-0.2, 0) is 4.74 Å². The molecule has 2 rings (SSSR count). The Labute approximate surface area is 132 Å². The van der Waals surface area contributed by atoms with Crippen molar-refractivity contribution in [2.24, 2.45) is 0 Å². The molecule has 6 nitrogen and oxygen atoms in total. The number of amides is 1. The van der Waals surface area contributed by atoms with Gasteiger partial charge in [-0.15, -0.1) is 0 Å². The maximum Gasteiger partial charge on any atom is 0.410 e. The molecule has 1 aliphatic heterocycles. The molecule has 0 bridgehead atoms. The number of nitrogens with two attached hydrogens (primary N) is 1. The standard InChI is InChI=1S/C16H26N4O2/c1-12(13-5-6-18-14(17)11-13)19-7-9-20(10-8-19)15(21)22-16(2,3)4/h5-6,11-12H,7-10H2,1-4H3,(H2,17,18). The Morgan fingerprint density at radius 2 is 1.95 bits per heavy atom. The third kappa shape index (κ3) is 4.34. The smallest absolute Gasteiger partial charge is 0.410 e. The highest BCUT2D eigenvalue weighted by molar-refractivity contribution is 5.68. The van der Waals surface area contributed by atoms with Crippen LogP contribution in [0.15, 0.2) is 18.3 Å². The molecule has 6 heteroatoms. The Hall–Kier alpha value is -1.82. The molecule has 0 spiro atoms. The quantitative estimate of drug-likeness (QED) is 0.907. The summed E-state index contributed by atoms with van der Waals surface area (Å²) >= 11 is 0. The number of pyridine rings is 1. The van der Waals surface area contributed by atoms with Gasteiger partial charge in [-0.3, -0.25) is 4.90 Å². The van der Waals surface area contributed by atoms with Gasteiger partial charge in [0.1, 0.15) is 11.4 Å². The van der Waals surface area contributed by atoms with Crippen molar-refractivity contribution in [3.8, 4) is 0 Å². The lowest BCUT2D eigenvalue weighted by Crippen LogP contribution is -2.50. The van der Waals surface area contributed by atoms with Gasteiger partial charge in [-0.2, -0.15) is 0 Å². The third-order valence-corrected chi connectivity index (χ3v) is 3.80. The largest absolute Gasteiger partial charge is 0.444 e. The number of nitrogen functional groups attached to an aromatic ring is 1. The first-order valence-electron chi connectivity index (χ1n) is 7.69. The fourth-order valence-corrected chi connectivity index (χ4v) is 2.55. The third-order valence-electron chi connectivity index (χ3n) is 3.80. The van der Waals surface area contributed by atoms with Crippen molar-refractivity contribution in [2.45, 2.75) is 39.3 Å². The van der Waals surface area contributed by atoms with E-state index in [4.69, 9.17) is 10.5 Å². The van der Waals surface area contributed by atoms with Crippen molar-refractivity contribution >= 4 is 11.9 Å². The van der Waals surface area contributed by atoms with Gasteiger partial charge in [0, 0.05) is 38.4 Å². The number of nitrogens with zero attached hydrogens (tertiary/aromatic N) is 3. The van der Waals surface area contributed by atoms with Crippen LogP contribution in [0, 0.1) is 0 Å². The second kappa shape index (κ2) is 6.52. The van der Waals surface area contributed by atoms with Gasteiger partial charge in [-0.1, -0.05) is 0 Å². The number of hydrogen-bond donors (Lipinski definition) is 1. The van der Waals surface area contributed by atoms with E-state index in [9.17, 15) is 4.79 Å². The molecule has 0 aliphatic carbocycles. The fourth-order valence-electron chi connectivity index (χ4n) is 2.55. The molecule has 0 radical (unpaired) electrons. The normalized spacial score (nSPS) is 18.1. The number of piperazine rings is 1. The van der Waals surface area contributed by atoms with Crippen LogP contribution in [0.4, 0.5) is 10.6 Å². The maximum atomic E-state index is 12.1. The molecule has 1 amide bonds. The highest BCUT2D eigenvalue weighted by Gasteiger charge is 2.27. The molecule has 2 heterocycles. The molecule has 122 valence electrons. The zero-order valence-electron chi connectivity index (χ0n) is 13.9. The summed E-state index contributed by atoms with van der Waals surface area (Å²) in [5, 5.41) is 0. The molecule has 2 N–H and O–H groups in total. The van der Waals surface area contributed by atoms with E-state index in [1.807, 2.05) is 32.9 Å². The number of anilines is 1. The lowest BCUT2D eigenvalue weighted by Gasteiger charge is -2.38. The molecule has 0 aromatic carbocycles. The summed E-state index contributed by atoms with van der Waals surface area (Å²) in [6.07, 6.45) is 1.51. The van der Waals surface area contributed by atoms with Gasteiger partial charge in [-0.05, 0) is 45.4 Å². The highest BCUT2D eigenvalue weighted by atomic mass is 16.6. The number of ether oxygens (including phenoxy) is 1. The van der Waals surface area contributed by atoms with Gasteiger partial charge >= 0.3 is 6.09 Å². The summed E-state index contributed by atoms with van der Waals surface area (Å²) in [4.78, 5) is 20.2. The van der Waals surface area contributed by atoms with Crippen LogP contribution in [-0.4, -0.2) is 52.7 Å². The molecular formula is C16H26N4O2. The van der Waals surface area contributed by atoms with Crippen LogP contribution in [0.5, 0.6) is 0 Å². The van der Waals surface area contributed by atoms with Crippen molar-refractivity contribution in [1.29, 1.82) is 0 Å². The van der Waals surface area contributed by atoms with Gasteiger partial charge in [0.05, 0.1) is 0 Å². The van der Waals surface area contributed by atoms with E-state index in [-0.39, 0.29) is 12.1 Å². The summed E-state index contributed by atoms with van der Waals surface area (Å²) in [5.41, 5.74) is 6.45. The maximum absolute atomic E-state index is 12.1. The lowest BCUT2D eigenvalue weighted by atomic mass is 10.1. The average Bonchev–Trinajstić information content (AvgIpc) is 2.45. The molecular weight excluding hydrogens is 280 g/mol. The summed E-state index contributed by atoms with van der Waals surface area (Å²) in [6, 6.07) is 4.15. The molecule has 1 saturated heterocycles. The second-order valence-corrected chi connectivity index (χ2v) is 6.69. The molecule has 22 heavy (non-hydrogen) atoms. The predicted molar refractivity (Wildman–Crippen MR) is 86.4 cm³/mol. The minimum Gasteiger partial charge on any atom is -0.444 e. The molecule has 1 atom stereocenters. The number of rotatable bonds is 2. The minimum atomic E-state index is -0.448. The fraction of sp³-hybridized carbons (Fsp3) is 0.625. The SMILES string of the molecule is CC(c1ccnc(N)c1)N1CCN(C(=O)OC(C)(C)C)CC1. The average molecular weight is 306 g/mol. The molecule has 1 unspecified atom stereocenters. The number of carbonyl (C=O) groups excluding carboxylic acids is 1. The van der Waals surface area contributed by atoms with Crippen molar-refractivity contribution in [3.63, 3.8) is 0 Å². The van der Waals surface area contributed by atoms with Crippen LogP contribution in [0.1, 0.15) is 39.3 Å². The molecule has 1 fully saturated rings. The summed E-state index contributed by atoms with van der Waals surface area (Å²) in [5.74, 6) is 0.539.